The van der Waals surface area contributed by atoms with Crippen molar-refractivity contribution in [1.82, 2.24) is 14.8 Å². The van der Waals surface area contributed by atoms with Crippen molar-refractivity contribution in [2.45, 2.75) is 0 Å². The lowest BCUT2D eigenvalue weighted by Crippen LogP contribution is -2.14. The lowest BCUT2D eigenvalue weighted by atomic mass is 10.1. The number of methoxy groups -OCH3 is 1. The van der Waals surface area contributed by atoms with Crippen molar-refractivity contribution >= 4 is 17.7 Å². The molecule has 0 N–H and O–H groups in total. The van der Waals surface area contributed by atoms with E-state index in [1.807, 2.05) is 30.3 Å². The van der Waals surface area contributed by atoms with Gasteiger partial charge in [-0.15, -0.1) is 0 Å². The number of ether oxygens (including phenoxy) is 1. The Balaban J connectivity index is 2.13. The van der Waals surface area contributed by atoms with Gasteiger partial charge in [-0.3, -0.25) is 4.98 Å². The fourth-order valence-electron chi connectivity index (χ4n) is 2.09. The zero-order chi connectivity index (χ0) is 15.5. The Hall–Kier alpha value is -2.66. The summed E-state index contributed by atoms with van der Waals surface area (Å²) in [6.45, 7) is 0. The number of pyridine rings is 1. The second-order valence-electron chi connectivity index (χ2n) is 4.55. The van der Waals surface area contributed by atoms with E-state index in [9.17, 15) is 4.79 Å². The number of aromatic nitrogens is 3. The van der Waals surface area contributed by atoms with Crippen LogP contribution in [0, 0.1) is 0 Å². The lowest BCUT2D eigenvalue weighted by molar-refractivity contribution is 0.170. The smallest absolute Gasteiger partial charge is 0.434 e. The molecule has 0 bridgehead atoms. The first kappa shape index (κ1) is 14.3. The second kappa shape index (κ2) is 5.99. The summed E-state index contributed by atoms with van der Waals surface area (Å²) in [5, 5.41) is 4.94. The van der Waals surface area contributed by atoms with Crippen LogP contribution in [0.2, 0.25) is 5.02 Å². The molecule has 0 aliphatic carbocycles. The predicted octanol–water partition coefficient (Wildman–Crippen LogP) is 3.88. The molecule has 110 valence electrons. The molecule has 22 heavy (non-hydrogen) atoms. The van der Waals surface area contributed by atoms with Gasteiger partial charge in [0.2, 0.25) is 0 Å². The average molecular weight is 314 g/mol. The number of carbonyl (C=O) groups is 1. The summed E-state index contributed by atoms with van der Waals surface area (Å²) < 4.78 is 6.02. The van der Waals surface area contributed by atoms with Gasteiger partial charge < -0.3 is 4.74 Å². The zero-order valence-electron chi connectivity index (χ0n) is 11.7. The molecule has 0 radical (unpaired) electrons. The predicted molar refractivity (Wildman–Crippen MR) is 83.7 cm³/mol. The minimum atomic E-state index is -0.555. The number of benzene rings is 1. The molecule has 0 atom stereocenters. The van der Waals surface area contributed by atoms with Crippen molar-refractivity contribution in [1.29, 1.82) is 0 Å². The maximum Gasteiger partial charge on any atom is 0.434 e. The number of carbonyl (C=O) groups excluding carboxylic acids is 1. The van der Waals surface area contributed by atoms with Crippen LogP contribution >= 0.6 is 11.6 Å². The van der Waals surface area contributed by atoms with Gasteiger partial charge in [0, 0.05) is 28.5 Å². The summed E-state index contributed by atoms with van der Waals surface area (Å²) in [4.78, 5) is 16.0. The first-order valence-corrected chi connectivity index (χ1v) is 6.91. The van der Waals surface area contributed by atoms with E-state index in [0.717, 1.165) is 11.1 Å². The number of hydrogen-bond donors (Lipinski definition) is 0. The maximum atomic E-state index is 12.0. The Kier molecular flexibility index (Phi) is 3.89. The number of hydrogen-bond acceptors (Lipinski definition) is 4. The zero-order valence-corrected chi connectivity index (χ0v) is 12.5. The summed E-state index contributed by atoms with van der Waals surface area (Å²) in [5.41, 5.74) is 2.91. The van der Waals surface area contributed by atoms with Crippen molar-refractivity contribution < 1.29 is 9.53 Å². The Morgan fingerprint density at radius 3 is 2.59 bits per heavy atom. The average Bonchev–Trinajstić information content (AvgIpc) is 3.01. The van der Waals surface area contributed by atoms with E-state index in [4.69, 9.17) is 16.3 Å². The molecule has 1 aromatic carbocycles. The highest BCUT2D eigenvalue weighted by molar-refractivity contribution is 6.30. The monoisotopic (exact) mass is 313 g/mol. The summed E-state index contributed by atoms with van der Waals surface area (Å²) in [6.07, 6.45) is 2.82. The Labute approximate surface area is 132 Å². The van der Waals surface area contributed by atoms with Gasteiger partial charge in [0.1, 0.15) is 0 Å². The summed E-state index contributed by atoms with van der Waals surface area (Å²) in [5.74, 6) is 0. The van der Waals surface area contributed by atoms with Crippen molar-refractivity contribution in [2.75, 3.05) is 7.11 Å². The van der Waals surface area contributed by atoms with E-state index in [1.54, 1.807) is 24.5 Å². The topological polar surface area (TPSA) is 57.0 Å². The standard InChI is InChI=1S/C16H12ClN3O2/c1-22-16(21)20-15(11-4-6-13(17)7-5-11)9-14(19-20)12-3-2-8-18-10-12/h2-10H,1H3. The van der Waals surface area contributed by atoms with E-state index in [2.05, 4.69) is 10.1 Å². The quantitative estimate of drug-likeness (QED) is 0.720. The summed E-state index contributed by atoms with van der Waals surface area (Å²) >= 11 is 5.91. The molecule has 6 heteroatoms. The third kappa shape index (κ3) is 2.71. The molecule has 0 amide bonds. The van der Waals surface area contributed by atoms with Gasteiger partial charge in [-0.2, -0.15) is 9.78 Å². The van der Waals surface area contributed by atoms with Crippen LogP contribution in [0.25, 0.3) is 22.5 Å². The minimum absolute atomic E-state index is 0.555. The van der Waals surface area contributed by atoms with Gasteiger partial charge in [-0.1, -0.05) is 23.7 Å². The Morgan fingerprint density at radius 1 is 1.18 bits per heavy atom. The SMILES string of the molecule is COC(=O)n1nc(-c2cccnc2)cc1-c1ccc(Cl)cc1. The van der Waals surface area contributed by atoms with Crippen molar-refractivity contribution in [2.24, 2.45) is 0 Å². The van der Waals surface area contributed by atoms with Crippen LogP contribution in [-0.4, -0.2) is 28.0 Å². The molecule has 5 nitrogen and oxygen atoms in total. The molecule has 0 saturated heterocycles. The molecular formula is C16H12ClN3O2. The van der Waals surface area contributed by atoms with E-state index < -0.39 is 6.09 Å². The normalized spacial score (nSPS) is 10.5. The van der Waals surface area contributed by atoms with Crippen LogP contribution in [0.5, 0.6) is 0 Å². The van der Waals surface area contributed by atoms with Crippen LogP contribution in [0.4, 0.5) is 4.79 Å². The molecular weight excluding hydrogens is 302 g/mol. The van der Waals surface area contributed by atoms with Crippen LogP contribution in [0.1, 0.15) is 0 Å². The highest BCUT2D eigenvalue weighted by Gasteiger charge is 2.17. The minimum Gasteiger partial charge on any atom is -0.451 e. The summed E-state index contributed by atoms with van der Waals surface area (Å²) in [7, 11) is 1.32. The highest BCUT2D eigenvalue weighted by atomic mass is 35.5. The van der Waals surface area contributed by atoms with Gasteiger partial charge in [-0.25, -0.2) is 4.79 Å². The molecule has 2 aromatic heterocycles. The van der Waals surface area contributed by atoms with E-state index in [-0.39, 0.29) is 0 Å². The van der Waals surface area contributed by atoms with Crippen LogP contribution in [0.15, 0.2) is 54.9 Å². The van der Waals surface area contributed by atoms with E-state index in [0.29, 0.717) is 16.4 Å². The van der Waals surface area contributed by atoms with Crippen molar-refractivity contribution in [3.05, 3.63) is 59.9 Å². The molecule has 0 aliphatic rings. The van der Waals surface area contributed by atoms with Gasteiger partial charge in [-0.05, 0) is 30.3 Å². The Morgan fingerprint density at radius 2 is 1.95 bits per heavy atom. The second-order valence-corrected chi connectivity index (χ2v) is 4.98. The van der Waals surface area contributed by atoms with E-state index in [1.165, 1.54) is 11.8 Å². The fourth-order valence-corrected chi connectivity index (χ4v) is 2.21. The number of nitrogens with zero attached hydrogens (tertiary/aromatic N) is 3. The molecule has 3 aromatic rings. The van der Waals surface area contributed by atoms with Crippen LogP contribution in [0.3, 0.4) is 0 Å². The Bertz CT molecular complexity index is 798. The van der Waals surface area contributed by atoms with Gasteiger partial charge in [0.15, 0.2) is 0 Å². The van der Waals surface area contributed by atoms with E-state index >= 15 is 0 Å². The van der Waals surface area contributed by atoms with Gasteiger partial charge in [0.25, 0.3) is 0 Å². The first-order valence-electron chi connectivity index (χ1n) is 6.54. The summed E-state index contributed by atoms with van der Waals surface area (Å²) in [6, 6.07) is 12.7. The molecule has 3 rings (SSSR count). The molecule has 0 fully saturated rings. The molecule has 0 saturated carbocycles. The van der Waals surface area contributed by atoms with Gasteiger partial charge in [0.05, 0.1) is 18.5 Å². The lowest BCUT2D eigenvalue weighted by Gasteiger charge is -2.04. The molecule has 0 aliphatic heterocycles. The van der Waals surface area contributed by atoms with Crippen LogP contribution in [-0.2, 0) is 4.74 Å². The van der Waals surface area contributed by atoms with Crippen molar-refractivity contribution in [3.8, 4) is 22.5 Å². The third-order valence-electron chi connectivity index (χ3n) is 3.15. The van der Waals surface area contributed by atoms with Crippen LogP contribution < -0.4 is 0 Å². The van der Waals surface area contributed by atoms with Gasteiger partial charge >= 0.3 is 6.09 Å². The molecule has 0 unspecified atom stereocenters. The first-order chi connectivity index (χ1) is 10.7. The number of halogens is 1. The molecule has 2 heterocycles. The maximum absolute atomic E-state index is 12.0. The molecule has 0 spiro atoms. The highest BCUT2D eigenvalue weighted by Crippen LogP contribution is 2.27. The largest absolute Gasteiger partial charge is 0.451 e. The fraction of sp³-hybridized carbons (Fsp3) is 0.0625. The van der Waals surface area contributed by atoms with Crippen molar-refractivity contribution in [3.63, 3.8) is 0 Å². The number of rotatable bonds is 2. The third-order valence-corrected chi connectivity index (χ3v) is 3.41.